The van der Waals surface area contributed by atoms with E-state index < -0.39 is 5.82 Å². The fourth-order valence-electron chi connectivity index (χ4n) is 1.79. The number of hydrogen-bond acceptors (Lipinski definition) is 3. The SMILES string of the molecule is Cn1cc(CNC(=O)c2ccc(F)cc2C#CCO)cn1. The zero-order valence-corrected chi connectivity index (χ0v) is 11.4. The molecule has 1 heterocycles. The fourth-order valence-corrected chi connectivity index (χ4v) is 1.79. The molecule has 0 unspecified atom stereocenters. The second-order valence-electron chi connectivity index (χ2n) is 4.35. The third kappa shape index (κ3) is 3.91. The van der Waals surface area contributed by atoms with Crippen LogP contribution in [0.5, 0.6) is 0 Å². The molecular formula is C15H14FN3O2. The summed E-state index contributed by atoms with van der Waals surface area (Å²) >= 11 is 0. The number of halogens is 1. The molecule has 1 aromatic carbocycles. The van der Waals surface area contributed by atoms with Crippen molar-refractivity contribution in [2.75, 3.05) is 6.61 Å². The number of carbonyl (C=O) groups excluding carboxylic acids is 1. The summed E-state index contributed by atoms with van der Waals surface area (Å²) in [5.74, 6) is 4.13. The van der Waals surface area contributed by atoms with Crippen LogP contribution in [0, 0.1) is 17.7 Å². The van der Waals surface area contributed by atoms with Crippen LogP contribution in [0.15, 0.2) is 30.6 Å². The number of aromatic nitrogens is 2. The van der Waals surface area contributed by atoms with Gasteiger partial charge in [0.1, 0.15) is 12.4 Å². The highest BCUT2D eigenvalue weighted by Gasteiger charge is 2.11. The van der Waals surface area contributed by atoms with Gasteiger partial charge < -0.3 is 10.4 Å². The van der Waals surface area contributed by atoms with Crippen LogP contribution in [0.1, 0.15) is 21.5 Å². The first-order chi connectivity index (χ1) is 10.1. The molecule has 0 saturated heterocycles. The van der Waals surface area contributed by atoms with Crippen LogP contribution in [0.25, 0.3) is 0 Å². The summed E-state index contributed by atoms with van der Waals surface area (Å²) < 4.78 is 14.9. The fraction of sp³-hybridized carbons (Fsp3) is 0.200. The van der Waals surface area contributed by atoms with Crippen molar-refractivity contribution in [1.29, 1.82) is 0 Å². The topological polar surface area (TPSA) is 67.2 Å². The maximum atomic E-state index is 13.2. The Hall–Kier alpha value is -2.65. The number of amides is 1. The van der Waals surface area contributed by atoms with Crippen molar-refractivity contribution in [3.8, 4) is 11.8 Å². The average molecular weight is 287 g/mol. The number of benzene rings is 1. The summed E-state index contributed by atoms with van der Waals surface area (Å²) in [7, 11) is 1.79. The molecular weight excluding hydrogens is 273 g/mol. The van der Waals surface area contributed by atoms with Crippen molar-refractivity contribution in [3.63, 3.8) is 0 Å². The molecule has 0 spiro atoms. The molecule has 0 radical (unpaired) electrons. The van der Waals surface area contributed by atoms with E-state index in [1.807, 2.05) is 0 Å². The molecule has 6 heteroatoms. The highest BCUT2D eigenvalue weighted by molar-refractivity contribution is 5.96. The van der Waals surface area contributed by atoms with Crippen molar-refractivity contribution in [1.82, 2.24) is 15.1 Å². The smallest absolute Gasteiger partial charge is 0.252 e. The molecule has 1 aromatic heterocycles. The largest absolute Gasteiger partial charge is 0.384 e. The molecule has 5 nitrogen and oxygen atoms in total. The molecule has 0 atom stereocenters. The second-order valence-corrected chi connectivity index (χ2v) is 4.35. The molecule has 1 amide bonds. The molecule has 108 valence electrons. The van der Waals surface area contributed by atoms with Gasteiger partial charge in [0.05, 0.1) is 11.8 Å². The van der Waals surface area contributed by atoms with E-state index in [4.69, 9.17) is 5.11 Å². The lowest BCUT2D eigenvalue weighted by Crippen LogP contribution is -2.23. The summed E-state index contributed by atoms with van der Waals surface area (Å²) in [6, 6.07) is 3.74. The van der Waals surface area contributed by atoms with Crippen molar-refractivity contribution in [3.05, 3.63) is 53.1 Å². The van der Waals surface area contributed by atoms with E-state index >= 15 is 0 Å². The normalized spacial score (nSPS) is 9.86. The highest BCUT2D eigenvalue weighted by Crippen LogP contribution is 2.11. The minimum absolute atomic E-state index is 0.243. The van der Waals surface area contributed by atoms with Crippen LogP contribution >= 0.6 is 0 Å². The van der Waals surface area contributed by atoms with Crippen molar-refractivity contribution < 1.29 is 14.3 Å². The first kappa shape index (κ1) is 14.8. The van der Waals surface area contributed by atoms with Gasteiger partial charge in [-0.15, -0.1) is 0 Å². The Bertz CT molecular complexity index is 713. The van der Waals surface area contributed by atoms with Crippen LogP contribution in [0.3, 0.4) is 0 Å². The first-order valence-electron chi connectivity index (χ1n) is 6.25. The van der Waals surface area contributed by atoms with E-state index in [9.17, 15) is 9.18 Å². The number of hydrogen-bond donors (Lipinski definition) is 2. The van der Waals surface area contributed by atoms with Crippen molar-refractivity contribution in [2.45, 2.75) is 6.54 Å². The second kappa shape index (κ2) is 6.68. The summed E-state index contributed by atoms with van der Waals surface area (Å²) in [5.41, 5.74) is 1.37. The Morgan fingerprint density at radius 2 is 2.33 bits per heavy atom. The van der Waals surface area contributed by atoms with Gasteiger partial charge in [0, 0.05) is 30.9 Å². The van der Waals surface area contributed by atoms with Gasteiger partial charge in [-0.3, -0.25) is 9.48 Å². The number of rotatable bonds is 3. The van der Waals surface area contributed by atoms with Gasteiger partial charge in [-0.25, -0.2) is 4.39 Å². The molecule has 0 aliphatic heterocycles. The third-order valence-electron chi connectivity index (χ3n) is 2.74. The Labute approximate surface area is 121 Å². The number of aliphatic hydroxyl groups excluding tert-OH is 1. The molecule has 0 saturated carbocycles. The van der Waals surface area contributed by atoms with Gasteiger partial charge in [0.25, 0.3) is 5.91 Å². The predicted octanol–water partition coefficient (Wildman–Crippen LogP) is 0.833. The number of nitrogens with one attached hydrogen (secondary N) is 1. The molecule has 21 heavy (non-hydrogen) atoms. The number of aliphatic hydroxyl groups is 1. The van der Waals surface area contributed by atoms with E-state index in [1.54, 1.807) is 24.1 Å². The lowest BCUT2D eigenvalue weighted by atomic mass is 10.1. The van der Waals surface area contributed by atoms with Crippen LogP contribution in [0.2, 0.25) is 0 Å². The Morgan fingerprint density at radius 1 is 1.52 bits per heavy atom. The van der Waals surface area contributed by atoms with Crippen molar-refractivity contribution in [2.24, 2.45) is 7.05 Å². The average Bonchev–Trinajstić information content (AvgIpc) is 2.88. The standard InChI is InChI=1S/C15H14FN3O2/c1-19-10-11(9-18-19)8-17-15(21)14-5-4-13(16)7-12(14)3-2-6-20/h4-5,7,9-10,20H,6,8H2,1H3,(H,17,21). The molecule has 2 aromatic rings. The monoisotopic (exact) mass is 287 g/mol. The Kier molecular flexibility index (Phi) is 4.69. The highest BCUT2D eigenvalue weighted by atomic mass is 19.1. The zero-order chi connectivity index (χ0) is 15.2. The Balaban J connectivity index is 2.14. The van der Waals surface area contributed by atoms with E-state index in [1.165, 1.54) is 18.2 Å². The van der Waals surface area contributed by atoms with Crippen LogP contribution in [-0.2, 0) is 13.6 Å². The number of nitrogens with zero attached hydrogens (tertiary/aromatic N) is 2. The summed E-state index contributed by atoms with van der Waals surface area (Å²) in [4.78, 5) is 12.1. The van der Waals surface area contributed by atoms with Gasteiger partial charge in [-0.05, 0) is 18.2 Å². The van der Waals surface area contributed by atoms with Gasteiger partial charge in [0.2, 0.25) is 0 Å². The molecule has 0 fully saturated rings. The maximum absolute atomic E-state index is 13.2. The van der Waals surface area contributed by atoms with E-state index in [0.717, 1.165) is 5.56 Å². The maximum Gasteiger partial charge on any atom is 0.252 e. The Morgan fingerprint density at radius 3 is 3.00 bits per heavy atom. The van der Waals surface area contributed by atoms with Gasteiger partial charge in [-0.1, -0.05) is 11.8 Å². The van der Waals surface area contributed by atoms with E-state index in [0.29, 0.717) is 6.54 Å². The number of aryl methyl sites for hydroxylation is 1. The molecule has 0 bridgehead atoms. The molecule has 0 aliphatic rings. The van der Waals surface area contributed by atoms with E-state index in [-0.39, 0.29) is 23.6 Å². The van der Waals surface area contributed by atoms with E-state index in [2.05, 4.69) is 22.3 Å². The van der Waals surface area contributed by atoms with Gasteiger partial charge in [0.15, 0.2) is 0 Å². The van der Waals surface area contributed by atoms with Crippen LogP contribution in [0.4, 0.5) is 4.39 Å². The molecule has 2 N–H and O–H groups in total. The molecule has 0 aliphatic carbocycles. The number of carbonyl (C=O) groups is 1. The van der Waals surface area contributed by atoms with Gasteiger partial charge >= 0.3 is 0 Å². The first-order valence-corrected chi connectivity index (χ1v) is 6.25. The van der Waals surface area contributed by atoms with Crippen LogP contribution < -0.4 is 5.32 Å². The quantitative estimate of drug-likeness (QED) is 0.822. The summed E-state index contributed by atoms with van der Waals surface area (Å²) in [5, 5.41) is 15.4. The zero-order valence-electron chi connectivity index (χ0n) is 11.4. The summed E-state index contributed by atoms with van der Waals surface area (Å²) in [6.07, 6.45) is 3.44. The predicted molar refractivity (Wildman–Crippen MR) is 74.7 cm³/mol. The van der Waals surface area contributed by atoms with Crippen LogP contribution in [-0.4, -0.2) is 27.4 Å². The van der Waals surface area contributed by atoms with Gasteiger partial charge in [-0.2, -0.15) is 5.10 Å². The van der Waals surface area contributed by atoms with Crippen molar-refractivity contribution >= 4 is 5.91 Å². The lowest BCUT2D eigenvalue weighted by Gasteiger charge is -2.06. The minimum Gasteiger partial charge on any atom is -0.384 e. The minimum atomic E-state index is -0.485. The lowest BCUT2D eigenvalue weighted by molar-refractivity contribution is 0.0950. The summed E-state index contributed by atoms with van der Waals surface area (Å²) in [6.45, 7) is -0.0375. The molecule has 2 rings (SSSR count). The third-order valence-corrected chi connectivity index (χ3v) is 2.74.